The summed E-state index contributed by atoms with van der Waals surface area (Å²) in [7, 11) is 0. The zero-order valence-corrected chi connectivity index (χ0v) is 12.8. The lowest BCUT2D eigenvalue weighted by Crippen LogP contribution is -2.25. The average molecular weight is 280 g/mol. The first-order chi connectivity index (χ1) is 10.4. The van der Waals surface area contributed by atoms with E-state index in [0.717, 1.165) is 24.3 Å². The fraction of sp³-hybridized carbons (Fsp3) is 0.526. The lowest BCUT2D eigenvalue weighted by atomic mass is 9.94. The first kappa shape index (κ1) is 13.3. The molecule has 0 saturated heterocycles. The van der Waals surface area contributed by atoms with Crippen LogP contribution in [0.3, 0.4) is 0 Å². The van der Waals surface area contributed by atoms with Crippen LogP contribution in [0.1, 0.15) is 44.2 Å². The van der Waals surface area contributed by atoms with E-state index < -0.39 is 0 Å². The largest absolute Gasteiger partial charge is 0.310 e. The van der Waals surface area contributed by atoms with Crippen LogP contribution in [0, 0.1) is 17.8 Å². The van der Waals surface area contributed by atoms with Crippen LogP contribution in [-0.4, -0.2) is 11.5 Å². The predicted molar refractivity (Wildman–Crippen MR) is 87.1 cm³/mol. The average Bonchev–Trinajstić information content (AvgIpc) is 2.99. The summed E-state index contributed by atoms with van der Waals surface area (Å²) in [5.41, 5.74) is 1.42. The maximum atomic E-state index is 4.51. The van der Waals surface area contributed by atoms with E-state index in [0.29, 0.717) is 6.04 Å². The number of pyridine rings is 1. The molecule has 1 heterocycles. The molecule has 0 amide bonds. The fourth-order valence-corrected chi connectivity index (χ4v) is 4.51. The maximum absolute atomic E-state index is 4.51. The molecule has 2 fully saturated rings. The smallest absolute Gasteiger partial charge is 0.0375 e. The van der Waals surface area contributed by atoms with Gasteiger partial charge in [0, 0.05) is 23.8 Å². The van der Waals surface area contributed by atoms with Gasteiger partial charge in [-0.1, -0.05) is 37.6 Å². The van der Waals surface area contributed by atoms with E-state index in [9.17, 15) is 0 Å². The topological polar surface area (TPSA) is 24.9 Å². The van der Waals surface area contributed by atoms with Crippen molar-refractivity contribution in [1.29, 1.82) is 0 Å². The van der Waals surface area contributed by atoms with E-state index in [-0.39, 0.29) is 0 Å². The van der Waals surface area contributed by atoms with Crippen LogP contribution in [0.5, 0.6) is 0 Å². The van der Waals surface area contributed by atoms with Crippen molar-refractivity contribution in [2.45, 2.75) is 38.6 Å². The van der Waals surface area contributed by atoms with Crippen molar-refractivity contribution in [3.63, 3.8) is 0 Å². The highest BCUT2D eigenvalue weighted by Crippen LogP contribution is 2.62. The monoisotopic (exact) mass is 280 g/mol. The maximum Gasteiger partial charge on any atom is 0.0375 e. The van der Waals surface area contributed by atoms with Crippen molar-refractivity contribution < 1.29 is 0 Å². The first-order valence-corrected chi connectivity index (χ1v) is 8.46. The van der Waals surface area contributed by atoms with Crippen LogP contribution in [0.25, 0.3) is 10.8 Å². The number of hydrogen-bond acceptors (Lipinski definition) is 2. The van der Waals surface area contributed by atoms with Gasteiger partial charge in [0.1, 0.15) is 0 Å². The number of nitrogens with zero attached hydrogens (tertiary/aromatic N) is 1. The van der Waals surface area contributed by atoms with Crippen LogP contribution in [0.2, 0.25) is 0 Å². The molecule has 21 heavy (non-hydrogen) atoms. The minimum absolute atomic E-state index is 0.499. The Bertz CT molecular complexity index is 621. The number of rotatable bonds is 5. The highest BCUT2D eigenvalue weighted by Gasteiger charge is 2.56. The van der Waals surface area contributed by atoms with Gasteiger partial charge < -0.3 is 5.32 Å². The van der Waals surface area contributed by atoms with Crippen LogP contribution >= 0.6 is 0 Å². The Morgan fingerprint density at radius 3 is 2.81 bits per heavy atom. The Labute approximate surface area is 127 Å². The van der Waals surface area contributed by atoms with E-state index in [1.54, 1.807) is 0 Å². The standard InChI is InChI=1S/C19H24N2/c1-2-10-21-19(18-15-8-5-9-16(15)18)17-12-20-11-13-6-3-4-7-14(13)17/h3-4,6-7,11-12,15-16,18-19,21H,2,5,8-10H2,1H3. The minimum Gasteiger partial charge on any atom is -0.310 e. The van der Waals surface area contributed by atoms with Gasteiger partial charge in [-0.05, 0) is 54.5 Å². The van der Waals surface area contributed by atoms with Crippen molar-refractivity contribution >= 4 is 10.8 Å². The number of aromatic nitrogens is 1. The molecular weight excluding hydrogens is 256 g/mol. The zero-order chi connectivity index (χ0) is 14.2. The lowest BCUT2D eigenvalue weighted by Gasteiger charge is -2.22. The van der Waals surface area contributed by atoms with Crippen LogP contribution in [0.4, 0.5) is 0 Å². The Morgan fingerprint density at radius 2 is 2.00 bits per heavy atom. The highest BCUT2D eigenvalue weighted by atomic mass is 14.9. The molecule has 110 valence electrons. The quantitative estimate of drug-likeness (QED) is 0.882. The first-order valence-electron chi connectivity index (χ1n) is 8.46. The van der Waals surface area contributed by atoms with Gasteiger partial charge >= 0.3 is 0 Å². The summed E-state index contributed by atoms with van der Waals surface area (Å²) in [5.74, 6) is 2.79. The molecule has 0 aliphatic heterocycles. The fourth-order valence-electron chi connectivity index (χ4n) is 4.51. The third-order valence-corrected chi connectivity index (χ3v) is 5.51. The van der Waals surface area contributed by atoms with Crippen molar-refractivity contribution in [2.24, 2.45) is 17.8 Å². The molecule has 0 bridgehead atoms. The molecule has 4 rings (SSSR count). The second-order valence-electron chi connectivity index (χ2n) is 6.72. The van der Waals surface area contributed by atoms with Gasteiger partial charge in [0.15, 0.2) is 0 Å². The number of nitrogens with one attached hydrogen (secondary N) is 1. The van der Waals surface area contributed by atoms with Crippen LogP contribution < -0.4 is 5.32 Å². The van der Waals surface area contributed by atoms with Crippen molar-refractivity contribution in [2.75, 3.05) is 6.54 Å². The van der Waals surface area contributed by atoms with Crippen LogP contribution in [-0.2, 0) is 0 Å². The molecule has 2 aliphatic rings. The molecule has 2 heteroatoms. The molecule has 1 aromatic carbocycles. The summed E-state index contributed by atoms with van der Waals surface area (Å²) in [6.07, 6.45) is 9.61. The second kappa shape index (κ2) is 5.42. The summed E-state index contributed by atoms with van der Waals surface area (Å²) < 4.78 is 0. The van der Waals surface area contributed by atoms with Gasteiger partial charge in [-0.3, -0.25) is 4.98 Å². The number of benzene rings is 1. The molecule has 2 saturated carbocycles. The number of hydrogen-bond donors (Lipinski definition) is 1. The normalized spacial score (nSPS) is 28.5. The molecule has 1 aromatic heterocycles. The summed E-state index contributed by atoms with van der Waals surface area (Å²) in [5, 5.41) is 6.48. The highest BCUT2D eigenvalue weighted by molar-refractivity contribution is 5.85. The summed E-state index contributed by atoms with van der Waals surface area (Å²) in [6, 6.07) is 9.19. The van der Waals surface area contributed by atoms with Crippen LogP contribution in [0.15, 0.2) is 36.7 Å². The summed E-state index contributed by atoms with van der Waals surface area (Å²) in [4.78, 5) is 4.51. The number of fused-ring (bicyclic) bond motifs is 2. The minimum atomic E-state index is 0.499. The Kier molecular flexibility index (Phi) is 3.42. The zero-order valence-electron chi connectivity index (χ0n) is 12.8. The van der Waals surface area contributed by atoms with Crippen molar-refractivity contribution in [3.05, 3.63) is 42.2 Å². The van der Waals surface area contributed by atoms with E-state index in [4.69, 9.17) is 0 Å². The Balaban J connectivity index is 1.71. The third kappa shape index (κ3) is 2.26. The van der Waals surface area contributed by atoms with E-state index >= 15 is 0 Å². The van der Waals surface area contributed by atoms with Gasteiger partial charge in [-0.25, -0.2) is 0 Å². The molecule has 2 aliphatic carbocycles. The SMILES string of the molecule is CCCNC(c1cncc2ccccc12)C1C2CCCC21. The predicted octanol–water partition coefficient (Wildman–Crippen LogP) is 4.32. The molecule has 2 aromatic rings. The molecule has 3 unspecified atom stereocenters. The summed E-state index contributed by atoms with van der Waals surface area (Å²) >= 11 is 0. The summed E-state index contributed by atoms with van der Waals surface area (Å²) in [6.45, 7) is 3.35. The van der Waals surface area contributed by atoms with Gasteiger partial charge in [0.25, 0.3) is 0 Å². The van der Waals surface area contributed by atoms with Gasteiger partial charge in [-0.15, -0.1) is 0 Å². The lowest BCUT2D eigenvalue weighted by molar-refractivity contribution is 0.419. The molecule has 0 spiro atoms. The van der Waals surface area contributed by atoms with Crippen molar-refractivity contribution in [1.82, 2.24) is 10.3 Å². The van der Waals surface area contributed by atoms with E-state index in [1.165, 1.54) is 42.0 Å². The van der Waals surface area contributed by atoms with E-state index in [1.807, 2.05) is 6.20 Å². The van der Waals surface area contributed by atoms with Crippen molar-refractivity contribution in [3.8, 4) is 0 Å². The molecule has 0 radical (unpaired) electrons. The Hall–Kier alpha value is -1.41. The second-order valence-corrected chi connectivity index (χ2v) is 6.72. The third-order valence-electron chi connectivity index (χ3n) is 5.51. The Morgan fingerprint density at radius 1 is 1.19 bits per heavy atom. The molecule has 3 atom stereocenters. The van der Waals surface area contributed by atoms with Gasteiger partial charge in [0.2, 0.25) is 0 Å². The van der Waals surface area contributed by atoms with E-state index in [2.05, 4.69) is 47.7 Å². The van der Waals surface area contributed by atoms with Gasteiger partial charge in [0.05, 0.1) is 0 Å². The molecule has 1 N–H and O–H groups in total. The van der Waals surface area contributed by atoms with Gasteiger partial charge in [-0.2, -0.15) is 0 Å². The molecule has 2 nitrogen and oxygen atoms in total. The molecular formula is C19H24N2.